The Balaban J connectivity index is 2.07. The molecule has 0 fully saturated rings. The van der Waals surface area contributed by atoms with Crippen molar-refractivity contribution in [2.24, 2.45) is 5.73 Å². The molecule has 0 heterocycles. The van der Waals surface area contributed by atoms with Gasteiger partial charge in [-0.2, -0.15) is 0 Å². The maximum absolute atomic E-state index is 13.4. The molecule has 2 aromatic carbocycles. The van der Waals surface area contributed by atoms with Crippen LogP contribution in [0.4, 0.5) is 20.6 Å². The highest BCUT2D eigenvalue weighted by molar-refractivity contribution is 6.01. The second-order valence-electron chi connectivity index (χ2n) is 4.55. The smallest absolute Gasteiger partial charge is 0.323 e. The Morgan fingerprint density at radius 3 is 2.29 bits per heavy atom. The van der Waals surface area contributed by atoms with Crippen LogP contribution in [0.1, 0.15) is 11.1 Å². The molecule has 2 aromatic rings. The Hall–Kier alpha value is -2.89. The van der Waals surface area contributed by atoms with E-state index in [1.165, 1.54) is 12.1 Å². The SMILES string of the molecule is Cc1ccc(NC(=O)Nc2ccc(F)c(C(=N)N)c2)cc1. The van der Waals surface area contributed by atoms with Crippen molar-refractivity contribution >= 4 is 23.2 Å². The number of nitrogens with one attached hydrogen (secondary N) is 3. The Labute approximate surface area is 121 Å². The van der Waals surface area contributed by atoms with Gasteiger partial charge in [-0.1, -0.05) is 17.7 Å². The molecule has 0 saturated heterocycles. The first-order valence-electron chi connectivity index (χ1n) is 6.24. The lowest BCUT2D eigenvalue weighted by Crippen LogP contribution is -2.20. The highest BCUT2D eigenvalue weighted by atomic mass is 19.1. The largest absolute Gasteiger partial charge is 0.384 e. The van der Waals surface area contributed by atoms with Crippen LogP contribution in [0, 0.1) is 18.2 Å². The molecule has 0 aromatic heterocycles. The van der Waals surface area contributed by atoms with E-state index in [0.717, 1.165) is 11.6 Å². The van der Waals surface area contributed by atoms with Gasteiger partial charge in [0.15, 0.2) is 0 Å². The average Bonchev–Trinajstić information content (AvgIpc) is 2.43. The summed E-state index contributed by atoms with van der Waals surface area (Å²) >= 11 is 0. The summed E-state index contributed by atoms with van der Waals surface area (Å²) in [6, 6.07) is 10.7. The van der Waals surface area contributed by atoms with Crippen molar-refractivity contribution in [2.75, 3.05) is 10.6 Å². The van der Waals surface area contributed by atoms with Gasteiger partial charge < -0.3 is 16.4 Å². The molecule has 0 radical (unpaired) electrons. The summed E-state index contributed by atoms with van der Waals surface area (Å²) in [6.07, 6.45) is 0. The second-order valence-corrected chi connectivity index (χ2v) is 4.55. The van der Waals surface area contributed by atoms with E-state index in [9.17, 15) is 9.18 Å². The Morgan fingerprint density at radius 2 is 1.67 bits per heavy atom. The van der Waals surface area contributed by atoms with E-state index >= 15 is 0 Å². The zero-order chi connectivity index (χ0) is 15.4. The van der Waals surface area contributed by atoms with Gasteiger partial charge in [-0.25, -0.2) is 9.18 Å². The van der Waals surface area contributed by atoms with Crippen LogP contribution >= 0.6 is 0 Å². The monoisotopic (exact) mass is 286 g/mol. The van der Waals surface area contributed by atoms with Crippen LogP contribution in [-0.4, -0.2) is 11.9 Å². The van der Waals surface area contributed by atoms with E-state index in [4.69, 9.17) is 11.1 Å². The van der Waals surface area contributed by atoms with Crippen LogP contribution in [0.2, 0.25) is 0 Å². The van der Waals surface area contributed by atoms with Gasteiger partial charge in [-0.05, 0) is 37.3 Å². The average molecular weight is 286 g/mol. The fourth-order valence-electron chi connectivity index (χ4n) is 1.74. The minimum Gasteiger partial charge on any atom is -0.384 e. The van der Waals surface area contributed by atoms with Gasteiger partial charge in [0.1, 0.15) is 11.7 Å². The summed E-state index contributed by atoms with van der Waals surface area (Å²) in [4.78, 5) is 11.8. The number of anilines is 2. The summed E-state index contributed by atoms with van der Waals surface area (Å²) in [5.74, 6) is -0.998. The zero-order valence-corrected chi connectivity index (χ0v) is 11.4. The first-order chi connectivity index (χ1) is 9.95. The molecule has 0 aliphatic carbocycles. The number of urea groups is 1. The van der Waals surface area contributed by atoms with Crippen LogP contribution in [0.5, 0.6) is 0 Å². The van der Waals surface area contributed by atoms with Crippen LogP contribution in [0.15, 0.2) is 42.5 Å². The Kier molecular flexibility index (Phi) is 4.18. The topological polar surface area (TPSA) is 91.0 Å². The number of benzene rings is 2. The maximum Gasteiger partial charge on any atom is 0.323 e. The van der Waals surface area contributed by atoms with Crippen LogP contribution in [0.3, 0.4) is 0 Å². The number of nitrogens with two attached hydrogens (primary N) is 1. The van der Waals surface area contributed by atoms with Gasteiger partial charge in [0, 0.05) is 11.4 Å². The molecule has 0 saturated carbocycles. The number of carbonyl (C=O) groups excluding carboxylic acids is 1. The van der Waals surface area contributed by atoms with E-state index in [1.54, 1.807) is 12.1 Å². The summed E-state index contributed by atoms with van der Waals surface area (Å²) in [5.41, 5.74) is 7.30. The Morgan fingerprint density at radius 1 is 1.10 bits per heavy atom. The highest BCUT2D eigenvalue weighted by Gasteiger charge is 2.08. The van der Waals surface area contributed by atoms with Crippen LogP contribution in [0.25, 0.3) is 0 Å². The lowest BCUT2D eigenvalue weighted by molar-refractivity contribution is 0.262. The molecule has 0 aliphatic rings. The second kappa shape index (κ2) is 6.04. The molecule has 0 atom stereocenters. The number of aryl methyl sites for hydroxylation is 1. The fraction of sp³-hybridized carbons (Fsp3) is 0.0667. The van der Waals surface area contributed by atoms with E-state index in [2.05, 4.69) is 10.6 Å². The maximum atomic E-state index is 13.4. The lowest BCUT2D eigenvalue weighted by atomic mass is 10.1. The first-order valence-corrected chi connectivity index (χ1v) is 6.24. The van der Waals surface area contributed by atoms with Crippen molar-refractivity contribution < 1.29 is 9.18 Å². The van der Waals surface area contributed by atoms with Crippen molar-refractivity contribution in [1.82, 2.24) is 0 Å². The molecule has 21 heavy (non-hydrogen) atoms. The van der Waals surface area contributed by atoms with E-state index < -0.39 is 17.7 Å². The molecule has 0 unspecified atom stereocenters. The minimum atomic E-state index is -0.605. The van der Waals surface area contributed by atoms with Crippen molar-refractivity contribution in [3.05, 3.63) is 59.4 Å². The van der Waals surface area contributed by atoms with Gasteiger partial charge in [0.05, 0.1) is 5.56 Å². The summed E-state index contributed by atoms with van der Waals surface area (Å²) in [6.45, 7) is 1.95. The minimum absolute atomic E-state index is 0.0527. The third-order valence-electron chi connectivity index (χ3n) is 2.82. The van der Waals surface area contributed by atoms with Crippen LogP contribution in [-0.2, 0) is 0 Å². The normalized spacial score (nSPS) is 10.0. The first kappa shape index (κ1) is 14.5. The highest BCUT2D eigenvalue weighted by Crippen LogP contribution is 2.15. The molecule has 0 spiro atoms. The quantitative estimate of drug-likeness (QED) is 0.516. The molecule has 2 amide bonds. The molecule has 5 N–H and O–H groups in total. The third kappa shape index (κ3) is 3.79. The number of hydrogen-bond donors (Lipinski definition) is 4. The summed E-state index contributed by atoms with van der Waals surface area (Å²) in [5, 5.41) is 12.5. The summed E-state index contributed by atoms with van der Waals surface area (Å²) < 4.78 is 13.4. The molecule has 6 heteroatoms. The van der Waals surface area contributed by atoms with Gasteiger partial charge in [-0.15, -0.1) is 0 Å². The van der Waals surface area contributed by atoms with Gasteiger partial charge in [-0.3, -0.25) is 5.41 Å². The standard InChI is InChI=1S/C15H15FN4O/c1-9-2-4-10(5-3-9)19-15(21)20-11-6-7-13(16)12(8-11)14(17)18/h2-8H,1H3,(H3,17,18)(H2,19,20,21). The van der Waals surface area contributed by atoms with Crippen molar-refractivity contribution in [2.45, 2.75) is 6.92 Å². The molecule has 108 valence electrons. The van der Waals surface area contributed by atoms with Crippen molar-refractivity contribution in [3.8, 4) is 0 Å². The van der Waals surface area contributed by atoms with Crippen LogP contribution < -0.4 is 16.4 Å². The van der Waals surface area contributed by atoms with Crippen molar-refractivity contribution in [3.63, 3.8) is 0 Å². The fourth-order valence-corrected chi connectivity index (χ4v) is 1.74. The van der Waals surface area contributed by atoms with E-state index in [0.29, 0.717) is 11.4 Å². The van der Waals surface area contributed by atoms with Gasteiger partial charge in [0.25, 0.3) is 0 Å². The number of halogens is 1. The number of carbonyl (C=O) groups is 1. The van der Waals surface area contributed by atoms with E-state index in [-0.39, 0.29) is 5.56 Å². The molecular weight excluding hydrogens is 271 g/mol. The molecule has 2 rings (SSSR count). The molecule has 5 nitrogen and oxygen atoms in total. The number of rotatable bonds is 3. The van der Waals surface area contributed by atoms with Gasteiger partial charge >= 0.3 is 6.03 Å². The van der Waals surface area contributed by atoms with E-state index in [1.807, 2.05) is 19.1 Å². The number of amidine groups is 1. The molecule has 0 aliphatic heterocycles. The molecule has 0 bridgehead atoms. The molecular formula is C15H15FN4O. The zero-order valence-electron chi connectivity index (χ0n) is 11.4. The number of nitrogen functional groups attached to an aromatic ring is 1. The predicted molar refractivity (Wildman–Crippen MR) is 81.2 cm³/mol. The Bertz CT molecular complexity index is 683. The summed E-state index contributed by atoms with van der Waals surface area (Å²) in [7, 11) is 0. The number of hydrogen-bond acceptors (Lipinski definition) is 2. The third-order valence-corrected chi connectivity index (χ3v) is 2.82. The predicted octanol–water partition coefficient (Wildman–Crippen LogP) is 3.06. The van der Waals surface area contributed by atoms with Gasteiger partial charge in [0.2, 0.25) is 0 Å². The lowest BCUT2D eigenvalue weighted by Gasteiger charge is -2.09. The number of amides is 2. The van der Waals surface area contributed by atoms with Crippen molar-refractivity contribution in [1.29, 1.82) is 5.41 Å².